The normalized spacial score (nSPS) is 18.2. The lowest BCUT2D eigenvalue weighted by molar-refractivity contribution is 0.193. The summed E-state index contributed by atoms with van der Waals surface area (Å²) in [6.45, 7) is 1.36. The molecule has 2 aromatic heterocycles. The molecule has 1 atom stereocenters. The molecule has 1 N–H and O–H groups in total. The summed E-state index contributed by atoms with van der Waals surface area (Å²) < 4.78 is 0. The summed E-state index contributed by atoms with van der Waals surface area (Å²) in [4.78, 5) is 19.6. The summed E-state index contributed by atoms with van der Waals surface area (Å²) in [5.74, 6) is 0. The van der Waals surface area contributed by atoms with Crippen molar-refractivity contribution >= 4 is 17.4 Å². The number of pyridine rings is 1. The van der Waals surface area contributed by atoms with Crippen molar-refractivity contribution in [2.45, 2.75) is 25.4 Å². The van der Waals surface area contributed by atoms with E-state index in [1.165, 1.54) is 4.88 Å². The zero-order valence-corrected chi connectivity index (χ0v) is 12.0. The number of nitrogens with zero attached hydrogens (tertiary/aromatic N) is 2. The Hall–Kier alpha value is -1.88. The number of thiophene rings is 1. The molecule has 4 nitrogen and oxygen atoms in total. The average Bonchev–Trinajstić information content (AvgIpc) is 3.15. The standard InChI is InChI=1S/C15H17N3OS/c19-15(17-11-12-4-1-7-16-10-12)18-8-2-5-13(18)14-6-3-9-20-14/h1,3-4,6-7,9-10,13H,2,5,8,11H2,(H,17,19). The van der Waals surface area contributed by atoms with Gasteiger partial charge in [-0.1, -0.05) is 12.1 Å². The summed E-state index contributed by atoms with van der Waals surface area (Å²) in [6, 6.07) is 8.26. The smallest absolute Gasteiger partial charge is 0.318 e. The molecule has 0 radical (unpaired) electrons. The number of nitrogens with one attached hydrogen (secondary N) is 1. The first-order chi connectivity index (χ1) is 9.84. The number of hydrogen-bond donors (Lipinski definition) is 1. The van der Waals surface area contributed by atoms with Crippen molar-refractivity contribution in [1.82, 2.24) is 15.2 Å². The second-order valence-electron chi connectivity index (χ2n) is 4.89. The van der Waals surface area contributed by atoms with Crippen molar-refractivity contribution in [2.75, 3.05) is 6.54 Å². The lowest BCUT2D eigenvalue weighted by atomic mass is 10.2. The molecule has 2 amide bonds. The van der Waals surface area contributed by atoms with Crippen LogP contribution in [-0.2, 0) is 6.54 Å². The fourth-order valence-corrected chi connectivity index (χ4v) is 3.44. The van der Waals surface area contributed by atoms with E-state index in [4.69, 9.17) is 0 Å². The molecule has 1 aliphatic heterocycles. The molecule has 3 rings (SSSR count). The van der Waals surface area contributed by atoms with Crippen LogP contribution in [0.1, 0.15) is 29.3 Å². The second kappa shape index (κ2) is 6.05. The van der Waals surface area contributed by atoms with Crippen LogP contribution in [0.4, 0.5) is 4.79 Å². The summed E-state index contributed by atoms with van der Waals surface area (Å²) in [5.41, 5.74) is 1.02. The van der Waals surface area contributed by atoms with Crippen molar-refractivity contribution in [3.63, 3.8) is 0 Å². The van der Waals surface area contributed by atoms with E-state index in [2.05, 4.69) is 21.7 Å². The molecular weight excluding hydrogens is 270 g/mol. The molecule has 20 heavy (non-hydrogen) atoms. The maximum Gasteiger partial charge on any atom is 0.318 e. The van der Waals surface area contributed by atoms with E-state index in [9.17, 15) is 4.79 Å². The fourth-order valence-electron chi connectivity index (χ4n) is 2.57. The highest BCUT2D eigenvalue weighted by Crippen LogP contribution is 2.34. The highest BCUT2D eigenvalue weighted by Gasteiger charge is 2.30. The largest absolute Gasteiger partial charge is 0.334 e. The van der Waals surface area contributed by atoms with Gasteiger partial charge in [0.1, 0.15) is 0 Å². The van der Waals surface area contributed by atoms with Gasteiger partial charge in [-0.2, -0.15) is 0 Å². The molecular formula is C15H17N3OS. The number of carbonyl (C=O) groups excluding carboxylic acids is 1. The summed E-state index contributed by atoms with van der Waals surface area (Å²) in [5, 5.41) is 5.05. The molecule has 5 heteroatoms. The van der Waals surface area contributed by atoms with E-state index in [1.54, 1.807) is 23.7 Å². The van der Waals surface area contributed by atoms with Crippen molar-refractivity contribution in [1.29, 1.82) is 0 Å². The van der Waals surface area contributed by atoms with Gasteiger partial charge in [-0.05, 0) is 35.9 Å². The first kappa shape index (κ1) is 13.1. The van der Waals surface area contributed by atoms with Crippen LogP contribution < -0.4 is 5.32 Å². The lowest BCUT2D eigenvalue weighted by Crippen LogP contribution is -2.38. The van der Waals surface area contributed by atoms with Gasteiger partial charge in [0.25, 0.3) is 0 Å². The molecule has 0 bridgehead atoms. The molecule has 1 fully saturated rings. The Labute approximate surface area is 122 Å². The van der Waals surface area contributed by atoms with Gasteiger partial charge < -0.3 is 10.2 Å². The van der Waals surface area contributed by atoms with Gasteiger partial charge in [0, 0.05) is 30.4 Å². The SMILES string of the molecule is O=C(NCc1cccnc1)N1CCCC1c1cccs1. The lowest BCUT2D eigenvalue weighted by Gasteiger charge is -2.24. The van der Waals surface area contributed by atoms with Crippen LogP contribution in [0.25, 0.3) is 0 Å². The first-order valence-electron chi connectivity index (χ1n) is 6.81. The Morgan fingerprint density at radius 1 is 1.45 bits per heavy atom. The van der Waals surface area contributed by atoms with E-state index < -0.39 is 0 Å². The zero-order valence-electron chi connectivity index (χ0n) is 11.2. The fraction of sp³-hybridized carbons (Fsp3) is 0.333. The van der Waals surface area contributed by atoms with Crippen molar-refractivity contribution in [3.05, 3.63) is 52.5 Å². The number of carbonyl (C=O) groups is 1. The number of rotatable bonds is 3. The molecule has 0 aromatic carbocycles. The summed E-state index contributed by atoms with van der Waals surface area (Å²) >= 11 is 1.72. The Balaban J connectivity index is 1.62. The molecule has 104 valence electrons. The summed E-state index contributed by atoms with van der Waals surface area (Å²) in [6.07, 6.45) is 5.64. The van der Waals surface area contributed by atoms with Gasteiger partial charge in [0.2, 0.25) is 0 Å². The molecule has 1 aliphatic rings. The summed E-state index contributed by atoms with van der Waals surface area (Å²) in [7, 11) is 0. The van der Waals surface area contributed by atoms with Crippen LogP contribution in [0, 0.1) is 0 Å². The van der Waals surface area contributed by atoms with Crippen molar-refractivity contribution in [3.8, 4) is 0 Å². The molecule has 0 saturated carbocycles. The predicted octanol–water partition coefficient (Wildman–Crippen LogP) is 3.19. The van der Waals surface area contributed by atoms with Crippen molar-refractivity contribution < 1.29 is 4.79 Å². The molecule has 2 aromatic rings. The highest BCUT2D eigenvalue weighted by molar-refractivity contribution is 7.10. The van der Waals surface area contributed by atoms with Gasteiger partial charge in [0.05, 0.1) is 6.04 Å². The number of hydrogen-bond acceptors (Lipinski definition) is 3. The third-order valence-electron chi connectivity index (χ3n) is 3.55. The van der Waals surface area contributed by atoms with Crippen LogP contribution >= 0.6 is 11.3 Å². The predicted molar refractivity (Wildman–Crippen MR) is 79.5 cm³/mol. The number of likely N-dealkylation sites (tertiary alicyclic amines) is 1. The number of urea groups is 1. The zero-order chi connectivity index (χ0) is 13.8. The van der Waals surface area contributed by atoms with Gasteiger partial charge in [-0.3, -0.25) is 4.98 Å². The average molecular weight is 287 g/mol. The molecule has 1 saturated heterocycles. The molecule has 3 heterocycles. The highest BCUT2D eigenvalue weighted by atomic mass is 32.1. The van der Waals surface area contributed by atoms with Gasteiger partial charge in [-0.25, -0.2) is 4.79 Å². The van der Waals surface area contributed by atoms with E-state index in [1.807, 2.05) is 23.1 Å². The van der Waals surface area contributed by atoms with Crippen molar-refractivity contribution in [2.24, 2.45) is 0 Å². The quantitative estimate of drug-likeness (QED) is 0.942. The monoisotopic (exact) mass is 287 g/mol. The van der Waals surface area contributed by atoms with E-state index >= 15 is 0 Å². The third kappa shape index (κ3) is 2.82. The second-order valence-corrected chi connectivity index (χ2v) is 5.87. The van der Waals surface area contributed by atoms with E-state index in [0.29, 0.717) is 6.54 Å². The van der Waals surface area contributed by atoms with E-state index in [0.717, 1.165) is 24.9 Å². The first-order valence-corrected chi connectivity index (χ1v) is 7.69. The van der Waals surface area contributed by atoms with Crippen LogP contribution in [0.3, 0.4) is 0 Å². The Morgan fingerprint density at radius 2 is 2.40 bits per heavy atom. The minimum absolute atomic E-state index is 0.0183. The maximum atomic E-state index is 12.3. The molecule has 0 aliphatic carbocycles. The molecule has 1 unspecified atom stereocenters. The number of amides is 2. The maximum absolute atomic E-state index is 12.3. The van der Waals surface area contributed by atoms with Crippen LogP contribution in [-0.4, -0.2) is 22.5 Å². The van der Waals surface area contributed by atoms with Crippen LogP contribution in [0.15, 0.2) is 42.0 Å². The van der Waals surface area contributed by atoms with Gasteiger partial charge in [0.15, 0.2) is 0 Å². The van der Waals surface area contributed by atoms with Crippen LogP contribution in [0.2, 0.25) is 0 Å². The minimum atomic E-state index is 0.0183. The Kier molecular flexibility index (Phi) is 3.97. The van der Waals surface area contributed by atoms with Crippen LogP contribution in [0.5, 0.6) is 0 Å². The van der Waals surface area contributed by atoms with Gasteiger partial charge in [-0.15, -0.1) is 11.3 Å². The third-order valence-corrected chi connectivity index (χ3v) is 4.53. The number of aromatic nitrogens is 1. The topological polar surface area (TPSA) is 45.2 Å². The van der Waals surface area contributed by atoms with E-state index in [-0.39, 0.29) is 12.1 Å². The molecule has 0 spiro atoms. The van der Waals surface area contributed by atoms with Gasteiger partial charge >= 0.3 is 6.03 Å². The Morgan fingerprint density at radius 3 is 3.15 bits per heavy atom. The minimum Gasteiger partial charge on any atom is -0.334 e. The Bertz CT molecular complexity index is 556.